The SMILES string of the molecule is C[C@@H]1CN(C(=O)COc2ccc(Cl)cc2CNC(=O)NC2CC2c2ccccc2)[C@@H](C)CN1Cc1ccc(F)cc1. The van der Waals surface area contributed by atoms with Crippen molar-refractivity contribution in [2.24, 2.45) is 0 Å². The smallest absolute Gasteiger partial charge is 0.315 e. The lowest BCUT2D eigenvalue weighted by molar-refractivity contribution is -0.139. The number of urea groups is 1. The number of benzene rings is 3. The van der Waals surface area contributed by atoms with Crippen LogP contribution in [0.4, 0.5) is 9.18 Å². The van der Waals surface area contributed by atoms with Crippen molar-refractivity contribution in [2.75, 3.05) is 19.7 Å². The van der Waals surface area contributed by atoms with Gasteiger partial charge in [-0.15, -0.1) is 0 Å². The summed E-state index contributed by atoms with van der Waals surface area (Å²) in [5, 5.41) is 6.44. The minimum Gasteiger partial charge on any atom is -0.483 e. The molecule has 2 aliphatic rings. The van der Waals surface area contributed by atoms with Gasteiger partial charge in [-0.3, -0.25) is 9.69 Å². The van der Waals surface area contributed by atoms with Crippen LogP contribution in [0.25, 0.3) is 0 Å². The summed E-state index contributed by atoms with van der Waals surface area (Å²) in [6.45, 7) is 6.21. The summed E-state index contributed by atoms with van der Waals surface area (Å²) in [5.74, 6) is 0.502. The molecule has 2 N–H and O–H groups in total. The lowest BCUT2D eigenvalue weighted by Gasteiger charge is -2.44. The van der Waals surface area contributed by atoms with E-state index in [1.165, 1.54) is 17.7 Å². The number of nitrogens with zero attached hydrogens (tertiary/aromatic N) is 2. The number of hydrogen-bond donors (Lipinski definition) is 2. The first-order chi connectivity index (χ1) is 19.8. The second kappa shape index (κ2) is 12.9. The Kier molecular flexibility index (Phi) is 9.10. The monoisotopic (exact) mass is 578 g/mol. The quantitative estimate of drug-likeness (QED) is 0.360. The van der Waals surface area contributed by atoms with Crippen LogP contribution in [0.3, 0.4) is 0 Å². The van der Waals surface area contributed by atoms with E-state index >= 15 is 0 Å². The van der Waals surface area contributed by atoms with Crippen molar-refractivity contribution in [1.82, 2.24) is 20.4 Å². The molecule has 3 aromatic carbocycles. The molecule has 1 saturated heterocycles. The van der Waals surface area contributed by atoms with Gasteiger partial charge < -0.3 is 20.3 Å². The molecular weight excluding hydrogens is 543 g/mol. The van der Waals surface area contributed by atoms with Crippen LogP contribution in [0.1, 0.15) is 42.9 Å². The van der Waals surface area contributed by atoms with Gasteiger partial charge in [-0.05, 0) is 61.7 Å². The van der Waals surface area contributed by atoms with Crippen molar-refractivity contribution in [3.8, 4) is 5.75 Å². The van der Waals surface area contributed by atoms with Gasteiger partial charge in [-0.25, -0.2) is 9.18 Å². The molecule has 2 unspecified atom stereocenters. The number of hydrogen-bond acceptors (Lipinski definition) is 4. The zero-order valence-corrected chi connectivity index (χ0v) is 24.1. The van der Waals surface area contributed by atoms with Gasteiger partial charge in [-0.2, -0.15) is 0 Å². The first kappa shape index (κ1) is 28.9. The third-order valence-electron chi connectivity index (χ3n) is 7.88. The fourth-order valence-corrected chi connectivity index (χ4v) is 5.65. The van der Waals surface area contributed by atoms with Crippen LogP contribution in [0.5, 0.6) is 5.75 Å². The number of carbonyl (C=O) groups is 2. The number of rotatable bonds is 9. The largest absolute Gasteiger partial charge is 0.483 e. The third kappa shape index (κ3) is 7.57. The number of carbonyl (C=O) groups excluding carboxylic acids is 2. The number of nitrogens with one attached hydrogen (secondary N) is 2. The van der Waals surface area contributed by atoms with Gasteiger partial charge in [0.2, 0.25) is 0 Å². The molecule has 1 saturated carbocycles. The number of ether oxygens (including phenoxy) is 1. The molecule has 0 radical (unpaired) electrons. The van der Waals surface area contributed by atoms with Crippen LogP contribution < -0.4 is 15.4 Å². The van der Waals surface area contributed by atoms with Crippen LogP contribution >= 0.6 is 11.6 Å². The predicted octanol–water partition coefficient (Wildman–Crippen LogP) is 5.33. The molecule has 1 aliphatic carbocycles. The Morgan fingerprint density at radius 1 is 1.00 bits per heavy atom. The molecule has 0 spiro atoms. The Balaban J connectivity index is 1.11. The van der Waals surface area contributed by atoms with Crippen molar-refractivity contribution in [2.45, 2.75) is 57.4 Å². The van der Waals surface area contributed by atoms with E-state index < -0.39 is 0 Å². The zero-order chi connectivity index (χ0) is 28.9. The van der Waals surface area contributed by atoms with Gasteiger partial charge in [0.05, 0.1) is 0 Å². The van der Waals surface area contributed by atoms with Gasteiger partial charge in [0.15, 0.2) is 6.61 Å². The summed E-state index contributed by atoms with van der Waals surface area (Å²) in [7, 11) is 0. The highest BCUT2D eigenvalue weighted by molar-refractivity contribution is 6.30. The molecule has 1 heterocycles. The molecule has 0 aromatic heterocycles. The molecule has 41 heavy (non-hydrogen) atoms. The molecule has 2 fully saturated rings. The Labute approximate surface area is 245 Å². The Morgan fingerprint density at radius 3 is 2.51 bits per heavy atom. The van der Waals surface area contributed by atoms with E-state index in [0.29, 0.717) is 41.9 Å². The maximum Gasteiger partial charge on any atom is 0.315 e. The molecule has 4 atom stereocenters. The topological polar surface area (TPSA) is 73.9 Å². The molecule has 9 heteroatoms. The van der Waals surface area contributed by atoms with Gasteiger partial charge >= 0.3 is 6.03 Å². The number of amides is 3. The second-order valence-electron chi connectivity index (χ2n) is 11.0. The van der Waals surface area contributed by atoms with Crippen LogP contribution in [-0.2, 0) is 17.9 Å². The van der Waals surface area contributed by atoms with Crippen LogP contribution in [0.2, 0.25) is 5.02 Å². The molecule has 3 aromatic rings. The highest BCUT2D eigenvalue weighted by Crippen LogP contribution is 2.40. The van der Waals surface area contributed by atoms with E-state index in [-0.39, 0.29) is 49.0 Å². The average Bonchev–Trinajstić information content (AvgIpc) is 3.73. The molecule has 0 bridgehead atoms. The van der Waals surface area contributed by atoms with Crippen molar-refractivity contribution in [3.05, 3.63) is 100 Å². The van der Waals surface area contributed by atoms with Crippen molar-refractivity contribution in [3.63, 3.8) is 0 Å². The Bertz CT molecular complexity index is 1360. The fraction of sp³-hybridized carbons (Fsp3) is 0.375. The Hall–Kier alpha value is -3.62. The molecular formula is C32H36ClFN4O3. The van der Waals surface area contributed by atoms with Gasteiger partial charge in [0.25, 0.3) is 5.91 Å². The van der Waals surface area contributed by atoms with E-state index in [9.17, 15) is 14.0 Å². The van der Waals surface area contributed by atoms with Crippen molar-refractivity contribution >= 4 is 23.5 Å². The minimum atomic E-state index is -0.253. The van der Waals surface area contributed by atoms with E-state index in [0.717, 1.165) is 12.0 Å². The first-order valence-corrected chi connectivity index (χ1v) is 14.4. The normalized spacial score (nSPS) is 22.2. The van der Waals surface area contributed by atoms with Crippen molar-refractivity contribution in [1.29, 1.82) is 0 Å². The maximum atomic E-state index is 13.3. The maximum absolute atomic E-state index is 13.3. The molecule has 1 aliphatic heterocycles. The first-order valence-electron chi connectivity index (χ1n) is 14.1. The highest BCUT2D eigenvalue weighted by atomic mass is 35.5. The summed E-state index contributed by atoms with van der Waals surface area (Å²) in [4.78, 5) is 29.9. The predicted molar refractivity (Wildman–Crippen MR) is 157 cm³/mol. The van der Waals surface area contributed by atoms with E-state index in [1.54, 1.807) is 30.3 Å². The summed E-state index contributed by atoms with van der Waals surface area (Å²) >= 11 is 6.23. The Morgan fingerprint density at radius 2 is 1.76 bits per heavy atom. The lowest BCUT2D eigenvalue weighted by Crippen LogP contribution is -2.58. The van der Waals surface area contributed by atoms with E-state index in [2.05, 4.69) is 34.6 Å². The molecule has 7 nitrogen and oxygen atoms in total. The van der Waals surface area contributed by atoms with Crippen LogP contribution in [-0.4, -0.2) is 59.6 Å². The van der Waals surface area contributed by atoms with Crippen LogP contribution in [0, 0.1) is 5.82 Å². The summed E-state index contributed by atoms with van der Waals surface area (Å²) in [6, 6.07) is 21.9. The highest BCUT2D eigenvalue weighted by Gasteiger charge is 2.39. The molecule has 216 valence electrons. The van der Waals surface area contributed by atoms with Crippen molar-refractivity contribution < 1.29 is 18.7 Å². The second-order valence-corrected chi connectivity index (χ2v) is 11.5. The summed E-state index contributed by atoms with van der Waals surface area (Å²) in [5.41, 5.74) is 2.96. The molecule has 5 rings (SSSR count). The van der Waals surface area contributed by atoms with Crippen LogP contribution in [0.15, 0.2) is 72.8 Å². The zero-order valence-electron chi connectivity index (χ0n) is 23.4. The molecule has 3 amide bonds. The number of piperazine rings is 1. The van der Waals surface area contributed by atoms with E-state index in [4.69, 9.17) is 16.3 Å². The summed E-state index contributed by atoms with van der Waals surface area (Å²) in [6.07, 6.45) is 0.919. The average molecular weight is 579 g/mol. The lowest BCUT2D eigenvalue weighted by atomic mass is 10.1. The van der Waals surface area contributed by atoms with Gasteiger partial charge in [-0.1, -0.05) is 54.1 Å². The summed E-state index contributed by atoms with van der Waals surface area (Å²) < 4.78 is 19.2. The third-order valence-corrected chi connectivity index (χ3v) is 8.12. The van der Waals surface area contributed by atoms with E-state index in [1.807, 2.05) is 30.0 Å². The fourth-order valence-electron chi connectivity index (χ4n) is 5.46. The van der Waals surface area contributed by atoms with Gasteiger partial charge in [0.1, 0.15) is 11.6 Å². The number of halogens is 2. The minimum absolute atomic E-state index is 0.0000601. The van der Waals surface area contributed by atoms with Gasteiger partial charge in [0, 0.05) is 60.8 Å². The standard InChI is InChI=1S/C32H36ClFN4O3/c1-21-18-38(22(2)17-37(21)19-23-8-11-27(34)12-9-23)31(39)20-41-30-13-10-26(33)14-25(30)16-35-32(40)36-29-15-28(29)24-6-4-3-5-7-24/h3-14,21-22,28-29H,15-20H2,1-2H3,(H2,35,36,40)/t21-,22+,28?,29?/m1/s1.